The van der Waals surface area contributed by atoms with Gasteiger partial charge in [0, 0.05) is 12.8 Å². The van der Waals surface area contributed by atoms with Gasteiger partial charge in [0.05, 0.1) is 25.4 Å². The zero-order valence-corrected chi connectivity index (χ0v) is 53.8. The Bertz CT molecular complexity index is 1340. The molecule has 0 fully saturated rings. The average molecular weight is 1120 g/mol. The summed E-state index contributed by atoms with van der Waals surface area (Å²) in [6, 6.07) is -0.625. The molecule has 2 unspecified atom stereocenters. The molecule has 470 valence electrons. The molecule has 80 heavy (non-hydrogen) atoms. The van der Waals surface area contributed by atoms with Crippen molar-refractivity contribution in [1.29, 1.82) is 0 Å². The van der Waals surface area contributed by atoms with Gasteiger partial charge in [0.1, 0.15) is 0 Å². The maximum absolute atomic E-state index is 12.5. The first-order valence-electron chi connectivity index (χ1n) is 35.9. The molecular weight excluding hydrogens is 983 g/mol. The second kappa shape index (κ2) is 69.3. The normalized spacial score (nSPS) is 12.8. The predicted molar refractivity (Wildman–Crippen MR) is 352 cm³/mol. The molecule has 0 radical (unpaired) electrons. The van der Waals surface area contributed by atoms with Gasteiger partial charge < -0.3 is 20.3 Å². The van der Waals surface area contributed by atoms with Crippen molar-refractivity contribution in [2.45, 2.75) is 398 Å². The van der Waals surface area contributed by atoms with E-state index in [1.54, 1.807) is 6.08 Å². The van der Waals surface area contributed by atoms with Crippen LogP contribution in [-0.4, -0.2) is 47.4 Å². The molecule has 0 bridgehead atoms. The van der Waals surface area contributed by atoms with E-state index in [1.165, 1.54) is 308 Å². The van der Waals surface area contributed by atoms with Crippen LogP contribution in [-0.2, 0) is 14.3 Å². The minimum absolute atomic E-state index is 0.00926. The van der Waals surface area contributed by atoms with E-state index in [4.69, 9.17) is 4.74 Å². The highest BCUT2D eigenvalue weighted by atomic mass is 16.5. The highest BCUT2D eigenvalue weighted by Crippen LogP contribution is 2.18. The van der Waals surface area contributed by atoms with Crippen molar-refractivity contribution in [2.24, 2.45) is 0 Å². The lowest BCUT2D eigenvalue weighted by molar-refractivity contribution is -0.143. The zero-order chi connectivity index (χ0) is 57.8. The van der Waals surface area contributed by atoms with Crippen molar-refractivity contribution in [1.82, 2.24) is 5.32 Å². The fourth-order valence-electron chi connectivity index (χ4n) is 11.1. The number of unbranched alkanes of at least 4 members (excludes halogenated alkanes) is 50. The van der Waals surface area contributed by atoms with Crippen LogP contribution in [0.3, 0.4) is 0 Å². The number of esters is 1. The zero-order valence-electron chi connectivity index (χ0n) is 53.8. The molecule has 0 saturated heterocycles. The number of carbonyl (C=O) groups is 2. The van der Waals surface area contributed by atoms with Gasteiger partial charge in [-0.3, -0.25) is 9.59 Å². The summed E-state index contributed by atoms with van der Waals surface area (Å²) in [4.78, 5) is 24.5. The van der Waals surface area contributed by atoms with Crippen LogP contribution in [0.15, 0.2) is 48.6 Å². The Kier molecular flexibility index (Phi) is 67.4. The molecule has 0 aromatic carbocycles. The van der Waals surface area contributed by atoms with Gasteiger partial charge >= 0.3 is 5.97 Å². The summed E-state index contributed by atoms with van der Waals surface area (Å²) in [5.41, 5.74) is 0. The van der Waals surface area contributed by atoms with Crippen LogP contribution in [0.4, 0.5) is 0 Å². The molecule has 0 rings (SSSR count). The van der Waals surface area contributed by atoms with Gasteiger partial charge in [0.15, 0.2) is 0 Å². The number of ether oxygens (including phenoxy) is 1. The van der Waals surface area contributed by atoms with Gasteiger partial charge in [0.25, 0.3) is 0 Å². The fourth-order valence-corrected chi connectivity index (χ4v) is 11.1. The quantitative estimate of drug-likeness (QED) is 0.0320. The number of rotatable bonds is 67. The van der Waals surface area contributed by atoms with Gasteiger partial charge in [-0.1, -0.05) is 332 Å². The monoisotopic (exact) mass is 1120 g/mol. The third kappa shape index (κ3) is 65.0. The van der Waals surface area contributed by atoms with Crippen LogP contribution >= 0.6 is 0 Å². The van der Waals surface area contributed by atoms with Crippen LogP contribution in [0.2, 0.25) is 0 Å². The van der Waals surface area contributed by atoms with Crippen molar-refractivity contribution in [2.75, 3.05) is 13.2 Å². The molecule has 2 atom stereocenters. The Morgan fingerprint density at radius 3 is 0.963 bits per heavy atom. The maximum atomic E-state index is 12.5. The standard InChI is InChI=1S/C74H139NO5/c1-3-5-7-9-11-13-15-17-18-41-44-48-52-56-60-64-68-74(79)80-69-65-61-57-53-49-45-42-39-37-35-33-31-29-27-25-23-21-19-20-22-24-26-28-30-32-34-36-38-40-43-47-51-55-59-63-67-73(78)75-71(70-76)72(77)66-62-58-54-50-46-16-14-12-10-8-6-4-2/h18,21,23,27,29,41,62,66,71-72,76-77H,3-17,19-20,22,24-26,28,30-40,42-61,63-65,67-70H2,1-2H3,(H,75,78)/b23-21-,29-27-,41-18-,66-62+. The van der Waals surface area contributed by atoms with E-state index in [1.807, 2.05) is 6.08 Å². The first-order valence-corrected chi connectivity index (χ1v) is 35.9. The number of hydrogen-bond donors (Lipinski definition) is 3. The molecule has 6 nitrogen and oxygen atoms in total. The molecule has 0 aromatic heterocycles. The van der Waals surface area contributed by atoms with E-state index in [-0.39, 0.29) is 18.5 Å². The SMILES string of the molecule is CCCCCCCCC/C=C\CCCCCCCC(=O)OCCCCCCCCCCCCC/C=C\C/C=C\CCCCCCCCCCCCCCCCCCCC(=O)NC(CO)C(O)/C=C/CCCCCCCCCCCC. The van der Waals surface area contributed by atoms with Gasteiger partial charge in [-0.15, -0.1) is 0 Å². The van der Waals surface area contributed by atoms with E-state index in [2.05, 4.69) is 55.6 Å². The summed E-state index contributed by atoms with van der Waals surface area (Å²) in [5, 5.41) is 23.1. The number of carbonyl (C=O) groups excluding carboxylic acids is 2. The Hall–Kier alpha value is -2.18. The topological polar surface area (TPSA) is 95.9 Å². The number of hydrogen-bond acceptors (Lipinski definition) is 5. The largest absolute Gasteiger partial charge is 0.466 e. The average Bonchev–Trinajstić information content (AvgIpc) is 3.46. The summed E-state index contributed by atoms with van der Waals surface area (Å²) in [7, 11) is 0. The lowest BCUT2D eigenvalue weighted by atomic mass is 10.0. The number of amides is 1. The highest BCUT2D eigenvalue weighted by molar-refractivity contribution is 5.76. The second-order valence-electron chi connectivity index (χ2n) is 24.6. The number of aliphatic hydroxyl groups excluding tert-OH is 2. The highest BCUT2D eigenvalue weighted by Gasteiger charge is 2.18. The molecule has 0 spiro atoms. The van der Waals surface area contributed by atoms with Crippen LogP contribution in [0, 0.1) is 0 Å². The molecular formula is C74H139NO5. The first kappa shape index (κ1) is 77.8. The number of aliphatic hydroxyl groups is 2. The summed E-state index contributed by atoms with van der Waals surface area (Å²) >= 11 is 0. The summed E-state index contributed by atoms with van der Waals surface area (Å²) in [6.07, 6.45) is 90.7. The van der Waals surface area contributed by atoms with Gasteiger partial charge in [0.2, 0.25) is 5.91 Å². The van der Waals surface area contributed by atoms with Crippen LogP contribution < -0.4 is 5.32 Å². The van der Waals surface area contributed by atoms with E-state index < -0.39 is 12.1 Å². The Morgan fingerprint density at radius 2 is 0.625 bits per heavy atom. The van der Waals surface area contributed by atoms with E-state index >= 15 is 0 Å². The Balaban J connectivity index is 3.37. The molecule has 0 aliphatic carbocycles. The lowest BCUT2D eigenvalue weighted by Crippen LogP contribution is -2.45. The first-order chi connectivity index (χ1) is 39.5. The number of allylic oxidation sites excluding steroid dienone is 7. The smallest absolute Gasteiger partial charge is 0.305 e. The molecule has 1 amide bonds. The Morgan fingerprint density at radius 1 is 0.350 bits per heavy atom. The van der Waals surface area contributed by atoms with E-state index in [0.29, 0.717) is 19.4 Å². The lowest BCUT2D eigenvalue weighted by Gasteiger charge is -2.20. The van der Waals surface area contributed by atoms with Crippen molar-refractivity contribution in [3.63, 3.8) is 0 Å². The summed E-state index contributed by atoms with van der Waals surface area (Å²) < 4.78 is 5.49. The van der Waals surface area contributed by atoms with Crippen LogP contribution in [0.5, 0.6) is 0 Å². The van der Waals surface area contributed by atoms with Crippen molar-refractivity contribution in [3.8, 4) is 0 Å². The molecule has 0 saturated carbocycles. The molecule has 6 heteroatoms. The van der Waals surface area contributed by atoms with Gasteiger partial charge in [-0.05, 0) is 89.9 Å². The fraction of sp³-hybridized carbons (Fsp3) is 0.865. The molecule has 0 aliphatic heterocycles. The second-order valence-corrected chi connectivity index (χ2v) is 24.6. The predicted octanol–water partition coefficient (Wildman–Crippen LogP) is 23.3. The van der Waals surface area contributed by atoms with Crippen LogP contribution in [0.25, 0.3) is 0 Å². The van der Waals surface area contributed by atoms with Crippen LogP contribution in [0.1, 0.15) is 386 Å². The van der Waals surface area contributed by atoms with E-state index in [0.717, 1.165) is 51.4 Å². The number of nitrogens with one attached hydrogen (secondary N) is 1. The van der Waals surface area contributed by atoms with Gasteiger partial charge in [-0.25, -0.2) is 0 Å². The Labute approximate surface area is 499 Å². The third-order valence-corrected chi connectivity index (χ3v) is 16.6. The minimum Gasteiger partial charge on any atom is -0.466 e. The van der Waals surface area contributed by atoms with Crippen molar-refractivity contribution >= 4 is 11.9 Å². The minimum atomic E-state index is -0.842. The summed E-state index contributed by atoms with van der Waals surface area (Å²) in [6.45, 7) is 4.91. The molecule has 0 aliphatic rings. The maximum Gasteiger partial charge on any atom is 0.305 e. The van der Waals surface area contributed by atoms with E-state index in [9.17, 15) is 19.8 Å². The third-order valence-electron chi connectivity index (χ3n) is 16.6. The molecule has 3 N–H and O–H groups in total. The van der Waals surface area contributed by atoms with Crippen molar-refractivity contribution in [3.05, 3.63) is 48.6 Å². The van der Waals surface area contributed by atoms with Gasteiger partial charge in [-0.2, -0.15) is 0 Å². The molecule has 0 heterocycles. The van der Waals surface area contributed by atoms with Crippen molar-refractivity contribution < 1.29 is 24.5 Å². The molecule has 0 aromatic rings. The summed E-state index contributed by atoms with van der Waals surface area (Å²) in [5.74, 6) is -0.0560.